The van der Waals surface area contributed by atoms with Crippen LogP contribution in [0.15, 0.2) is 36.5 Å². The number of nitrogens with one attached hydrogen (secondary N) is 2. The minimum Gasteiger partial charge on any atom is -0.292 e. The lowest BCUT2D eigenvalue weighted by molar-refractivity contribution is -0.137. The van der Waals surface area contributed by atoms with Gasteiger partial charge >= 0.3 is 12.2 Å². The van der Waals surface area contributed by atoms with E-state index < -0.39 is 23.7 Å². The van der Waals surface area contributed by atoms with Gasteiger partial charge < -0.3 is 0 Å². The van der Waals surface area contributed by atoms with Gasteiger partial charge in [0.2, 0.25) is 0 Å². The van der Waals surface area contributed by atoms with E-state index in [0.717, 1.165) is 12.1 Å². The van der Waals surface area contributed by atoms with E-state index in [-0.39, 0.29) is 21.4 Å². The first-order chi connectivity index (χ1) is 11.2. The van der Waals surface area contributed by atoms with Gasteiger partial charge in [-0.25, -0.2) is 9.78 Å². The number of imide groups is 1. The van der Waals surface area contributed by atoms with E-state index in [9.17, 15) is 22.8 Å². The van der Waals surface area contributed by atoms with Crippen molar-refractivity contribution >= 4 is 41.0 Å². The Balaban J connectivity index is 2.04. The first-order valence-corrected chi connectivity index (χ1v) is 7.03. The van der Waals surface area contributed by atoms with Crippen molar-refractivity contribution in [3.8, 4) is 0 Å². The lowest BCUT2D eigenvalue weighted by Crippen LogP contribution is -2.34. The number of carbonyl (C=O) groups excluding carboxylic acids is 2. The maximum Gasteiger partial charge on any atom is 0.417 e. The van der Waals surface area contributed by atoms with Gasteiger partial charge in [-0.05, 0) is 24.3 Å². The number of rotatable bonds is 2. The molecule has 0 aliphatic carbocycles. The molecule has 24 heavy (non-hydrogen) atoms. The summed E-state index contributed by atoms with van der Waals surface area (Å²) in [5.74, 6) is -1.03. The van der Waals surface area contributed by atoms with Crippen LogP contribution in [0.25, 0.3) is 0 Å². The van der Waals surface area contributed by atoms with Crippen molar-refractivity contribution in [1.82, 2.24) is 10.3 Å². The Kier molecular flexibility index (Phi) is 5.30. The molecule has 1 aromatic heterocycles. The molecule has 0 spiro atoms. The molecule has 0 bridgehead atoms. The molecule has 3 amide bonds. The average Bonchev–Trinajstić information content (AvgIpc) is 2.46. The van der Waals surface area contributed by atoms with E-state index in [1.807, 2.05) is 5.32 Å². The lowest BCUT2D eigenvalue weighted by Gasteiger charge is -2.09. The van der Waals surface area contributed by atoms with Gasteiger partial charge in [0.15, 0.2) is 0 Å². The number of alkyl halides is 3. The highest BCUT2D eigenvalue weighted by atomic mass is 35.5. The Hall–Kier alpha value is -2.32. The van der Waals surface area contributed by atoms with Crippen LogP contribution in [-0.4, -0.2) is 16.9 Å². The maximum absolute atomic E-state index is 12.4. The molecule has 0 fully saturated rings. The molecule has 5 nitrogen and oxygen atoms in total. The second-order valence-corrected chi connectivity index (χ2v) is 5.25. The predicted molar refractivity (Wildman–Crippen MR) is 82.2 cm³/mol. The van der Waals surface area contributed by atoms with Crippen LogP contribution >= 0.6 is 23.2 Å². The number of carbonyl (C=O) groups is 2. The van der Waals surface area contributed by atoms with Crippen molar-refractivity contribution in [2.45, 2.75) is 6.18 Å². The number of aromatic nitrogens is 1. The van der Waals surface area contributed by atoms with Crippen molar-refractivity contribution in [1.29, 1.82) is 0 Å². The highest BCUT2D eigenvalue weighted by Gasteiger charge is 2.30. The second-order valence-electron chi connectivity index (χ2n) is 4.43. The number of hydrogen-bond donors (Lipinski definition) is 2. The van der Waals surface area contributed by atoms with Crippen LogP contribution in [0.3, 0.4) is 0 Å². The molecule has 0 atom stereocenters. The molecule has 2 aromatic rings. The highest BCUT2D eigenvalue weighted by molar-refractivity contribution is 6.40. The SMILES string of the molecule is O=C(NC(=O)c1c(Cl)cccc1Cl)Nc1ccc(C(F)(F)F)cn1. The van der Waals surface area contributed by atoms with Gasteiger partial charge in [0, 0.05) is 6.20 Å². The van der Waals surface area contributed by atoms with Gasteiger partial charge in [-0.3, -0.25) is 15.4 Å². The summed E-state index contributed by atoms with van der Waals surface area (Å²) in [4.78, 5) is 27.1. The molecule has 1 heterocycles. The van der Waals surface area contributed by atoms with E-state index in [0.29, 0.717) is 6.20 Å². The third kappa shape index (κ3) is 4.36. The summed E-state index contributed by atoms with van der Waals surface area (Å²) in [7, 11) is 0. The molecule has 0 radical (unpaired) electrons. The zero-order chi connectivity index (χ0) is 17.9. The first-order valence-electron chi connectivity index (χ1n) is 6.28. The van der Waals surface area contributed by atoms with Gasteiger partial charge in [0.1, 0.15) is 5.82 Å². The van der Waals surface area contributed by atoms with E-state index in [4.69, 9.17) is 23.2 Å². The van der Waals surface area contributed by atoms with Gasteiger partial charge in [-0.1, -0.05) is 29.3 Å². The number of benzene rings is 1. The molecule has 0 saturated carbocycles. The third-order valence-corrected chi connectivity index (χ3v) is 3.38. The molecule has 10 heteroatoms. The fraction of sp³-hybridized carbons (Fsp3) is 0.0714. The normalized spacial score (nSPS) is 11.0. The molecular formula is C14H8Cl2F3N3O2. The third-order valence-electron chi connectivity index (χ3n) is 2.75. The quantitative estimate of drug-likeness (QED) is 0.816. The molecule has 0 saturated heterocycles. The number of anilines is 1. The molecule has 126 valence electrons. The molecule has 0 aliphatic rings. The minimum atomic E-state index is -4.54. The summed E-state index contributed by atoms with van der Waals surface area (Å²) in [5.41, 5.74) is -1.07. The first kappa shape index (κ1) is 18.0. The molecule has 0 aliphatic heterocycles. The van der Waals surface area contributed by atoms with Crippen LogP contribution in [0.2, 0.25) is 10.0 Å². The summed E-state index contributed by atoms with van der Waals surface area (Å²) < 4.78 is 37.2. The fourth-order valence-electron chi connectivity index (χ4n) is 1.66. The molecule has 2 N–H and O–H groups in total. The lowest BCUT2D eigenvalue weighted by atomic mass is 10.2. The average molecular weight is 378 g/mol. The van der Waals surface area contributed by atoms with E-state index in [1.165, 1.54) is 18.2 Å². The Bertz CT molecular complexity index is 760. The number of pyridine rings is 1. The summed E-state index contributed by atoms with van der Waals surface area (Å²) in [6, 6.07) is 5.05. The van der Waals surface area contributed by atoms with Crippen LogP contribution in [0.1, 0.15) is 15.9 Å². The van der Waals surface area contributed by atoms with Gasteiger partial charge in [-0.2, -0.15) is 13.2 Å². The summed E-state index contributed by atoms with van der Waals surface area (Å²) in [5, 5.41) is 4.16. The van der Waals surface area contributed by atoms with Crippen LogP contribution < -0.4 is 10.6 Å². The molecule has 0 unspecified atom stereocenters. The fourth-order valence-corrected chi connectivity index (χ4v) is 2.23. The second kappa shape index (κ2) is 7.06. The highest BCUT2D eigenvalue weighted by Crippen LogP contribution is 2.29. The zero-order valence-electron chi connectivity index (χ0n) is 11.6. The molecule has 2 rings (SSSR count). The minimum absolute atomic E-state index is 0.0421. The Morgan fingerprint density at radius 1 is 1.04 bits per heavy atom. The number of urea groups is 1. The van der Waals surface area contributed by atoms with Crippen molar-refractivity contribution in [2.75, 3.05) is 5.32 Å². The van der Waals surface area contributed by atoms with Crippen molar-refractivity contribution in [3.63, 3.8) is 0 Å². The number of nitrogens with zero attached hydrogens (tertiary/aromatic N) is 1. The standard InChI is InChI=1S/C14H8Cl2F3N3O2/c15-8-2-1-3-9(16)11(8)12(23)22-13(24)21-10-5-4-7(6-20-10)14(17,18)19/h1-6H,(H2,20,21,22,23,24). The van der Waals surface area contributed by atoms with Crippen molar-refractivity contribution < 1.29 is 22.8 Å². The van der Waals surface area contributed by atoms with Gasteiger partial charge in [0.05, 0.1) is 21.2 Å². The number of halogens is 5. The Labute approximate surface area is 143 Å². The largest absolute Gasteiger partial charge is 0.417 e. The predicted octanol–water partition coefficient (Wildman–Crippen LogP) is 4.37. The Morgan fingerprint density at radius 2 is 1.67 bits per heavy atom. The zero-order valence-corrected chi connectivity index (χ0v) is 13.1. The van der Waals surface area contributed by atoms with E-state index >= 15 is 0 Å². The smallest absolute Gasteiger partial charge is 0.292 e. The number of hydrogen-bond acceptors (Lipinski definition) is 3. The van der Waals surface area contributed by atoms with Crippen LogP contribution in [0.5, 0.6) is 0 Å². The van der Waals surface area contributed by atoms with Crippen LogP contribution in [-0.2, 0) is 6.18 Å². The van der Waals surface area contributed by atoms with Gasteiger partial charge in [-0.15, -0.1) is 0 Å². The summed E-state index contributed by atoms with van der Waals surface area (Å²) >= 11 is 11.7. The molecular weight excluding hydrogens is 370 g/mol. The van der Waals surface area contributed by atoms with Gasteiger partial charge in [0.25, 0.3) is 5.91 Å². The van der Waals surface area contributed by atoms with E-state index in [1.54, 1.807) is 0 Å². The summed E-state index contributed by atoms with van der Waals surface area (Å²) in [6.07, 6.45) is -3.98. The van der Waals surface area contributed by atoms with Crippen LogP contribution in [0, 0.1) is 0 Å². The van der Waals surface area contributed by atoms with E-state index in [2.05, 4.69) is 10.3 Å². The summed E-state index contributed by atoms with van der Waals surface area (Å²) in [6.45, 7) is 0. The maximum atomic E-state index is 12.4. The van der Waals surface area contributed by atoms with Crippen molar-refractivity contribution in [3.05, 3.63) is 57.7 Å². The monoisotopic (exact) mass is 377 g/mol. The Morgan fingerprint density at radius 3 is 2.17 bits per heavy atom. The number of amides is 3. The van der Waals surface area contributed by atoms with Crippen molar-refractivity contribution in [2.24, 2.45) is 0 Å². The molecule has 1 aromatic carbocycles. The van der Waals surface area contributed by atoms with Crippen LogP contribution in [0.4, 0.5) is 23.8 Å². The topological polar surface area (TPSA) is 71.1 Å².